The molecule has 84 valence electrons. The SMILES string of the molecule is C1=C[C@H](P2C3CC=C[C@@H]3C3=CCC[C@@H]32)CC1. The molecule has 5 atom stereocenters. The molecule has 0 amide bonds. The zero-order valence-corrected chi connectivity index (χ0v) is 10.6. The highest BCUT2D eigenvalue weighted by atomic mass is 31.1. The Hall–Kier alpha value is -0.350. The van der Waals surface area contributed by atoms with Crippen LogP contribution >= 0.6 is 7.92 Å². The van der Waals surface area contributed by atoms with Crippen LogP contribution < -0.4 is 0 Å². The normalized spacial score (nSPS) is 48.5. The summed E-state index contributed by atoms with van der Waals surface area (Å²) in [5.74, 6) is 0.868. The lowest BCUT2D eigenvalue weighted by Crippen LogP contribution is -2.13. The largest absolute Gasteiger partial charge is 0.0879 e. The van der Waals surface area contributed by atoms with E-state index >= 15 is 0 Å². The lowest BCUT2D eigenvalue weighted by atomic mass is 9.98. The zero-order chi connectivity index (χ0) is 10.5. The molecule has 16 heavy (non-hydrogen) atoms. The fraction of sp³-hybridized carbons (Fsp3) is 0.600. The highest BCUT2D eigenvalue weighted by Crippen LogP contribution is 2.70. The quantitative estimate of drug-likeness (QED) is 0.467. The molecule has 4 rings (SSSR count). The molecule has 0 aromatic heterocycles. The number of allylic oxidation sites excluding steroid dienone is 6. The first-order valence-corrected chi connectivity index (χ1v) is 8.31. The molecule has 0 bridgehead atoms. The Bertz CT molecular complexity index is 390. The first-order chi connectivity index (χ1) is 7.95. The predicted octanol–water partition coefficient (Wildman–Crippen LogP) is 4.23. The summed E-state index contributed by atoms with van der Waals surface area (Å²) in [4.78, 5) is 0. The highest BCUT2D eigenvalue weighted by molar-refractivity contribution is 7.61. The molecule has 0 N–H and O–H groups in total. The van der Waals surface area contributed by atoms with Crippen molar-refractivity contribution >= 4 is 7.92 Å². The van der Waals surface area contributed by atoms with Crippen LogP contribution in [0.1, 0.15) is 32.1 Å². The molecule has 1 heteroatoms. The van der Waals surface area contributed by atoms with Crippen LogP contribution in [0, 0.1) is 5.92 Å². The van der Waals surface area contributed by atoms with E-state index in [2.05, 4.69) is 30.4 Å². The van der Waals surface area contributed by atoms with Gasteiger partial charge in [-0.2, -0.15) is 0 Å². The molecule has 4 aliphatic rings. The van der Waals surface area contributed by atoms with Gasteiger partial charge in [0.25, 0.3) is 0 Å². The molecule has 1 saturated heterocycles. The molecule has 0 spiro atoms. The van der Waals surface area contributed by atoms with Crippen LogP contribution in [0.5, 0.6) is 0 Å². The zero-order valence-electron chi connectivity index (χ0n) is 9.68. The van der Waals surface area contributed by atoms with Gasteiger partial charge in [0.1, 0.15) is 0 Å². The molecular weight excluding hydrogens is 211 g/mol. The maximum absolute atomic E-state index is 2.58. The third kappa shape index (κ3) is 1.20. The number of hydrogen-bond donors (Lipinski definition) is 0. The fourth-order valence-electron chi connectivity index (χ4n) is 4.24. The third-order valence-electron chi connectivity index (χ3n) is 4.84. The monoisotopic (exact) mass is 230 g/mol. The Morgan fingerprint density at radius 1 is 1.06 bits per heavy atom. The Morgan fingerprint density at radius 2 is 2.06 bits per heavy atom. The van der Waals surface area contributed by atoms with Crippen LogP contribution in [0.3, 0.4) is 0 Å². The number of rotatable bonds is 1. The van der Waals surface area contributed by atoms with Crippen LogP contribution in [-0.2, 0) is 0 Å². The van der Waals surface area contributed by atoms with E-state index < -0.39 is 0 Å². The first-order valence-electron chi connectivity index (χ1n) is 6.76. The molecule has 2 unspecified atom stereocenters. The van der Waals surface area contributed by atoms with Gasteiger partial charge in [0.15, 0.2) is 0 Å². The predicted molar refractivity (Wildman–Crippen MR) is 71.2 cm³/mol. The van der Waals surface area contributed by atoms with Gasteiger partial charge in [0, 0.05) is 11.6 Å². The molecule has 0 aromatic rings. The van der Waals surface area contributed by atoms with Crippen molar-refractivity contribution < 1.29 is 0 Å². The molecule has 3 aliphatic carbocycles. The summed E-state index contributed by atoms with van der Waals surface area (Å²) >= 11 is 0. The van der Waals surface area contributed by atoms with Crippen molar-refractivity contribution in [3.8, 4) is 0 Å². The summed E-state index contributed by atoms with van der Waals surface area (Å²) < 4.78 is 0. The average molecular weight is 230 g/mol. The van der Waals surface area contributed by atoms with E-state index in [-0.39, 0.29) is 7.92 Å². The molecule has 1 fully saturated rings. The lowest BCUT2D eigenvalue weighted by Gasteiger charge is -2.29. The molecule has 1 heterocycles. The van der Waals surface area contributed by atoms with Crippen molar-refractivity contribution in [3.05, 3.63) is 36.0 Å². The first kappa shape index (κ1) is 9.66. The van der Waals surface area contributed by atoms with Crippen molar-refractivity contribution in [3.63, 3.8) is 0 Å². The van der Waals surface area contributed by atoms with E-state index in [1.807, 2.05) is 5.57 Å². The molecular formula is C15H19P. The summed E-state index contributed by atoms with van der Waals surface area (Å²) in [6.07, 6.45) is 19.6. The maximum atomic E-state index is 2.58. The van der Waals surface area contributed by atoms with Gasteiger partial charge in [-0.25, -0.2) is 0 Å². The van der Waals surface area contributed by atoms with Crippen LogP contribution in [0.15, 0.2) is 36.0 Å². The van der Waals surface area contributed by atoms with E-state index in [9.17, 15) is 0 Å². The van der Waals surface area contributed by atoms with Gasteiger partial charge in [-0.1, -0.05) is 43.9 Å². The minimum Gasteiger partial charge on any atom is -0.0879 e. The second-order valence-electron chi connectivity index (χ2n) is 5.57. The van der Waals surface area contributed by atoms with Crippen LogP contribution in [0.25, 0.3) is 0 Å². The van der Waals surface area contributed by atoms with E-state index in [4.69, 9.17) is 0 Å². The third-order valence-corrected chi connectivity index (χ3v) is 8.61. The van der Waals surface area contributed by atoms with Gasteiger partial charge in [0.2, 0.25) is 0 Å². The Kier molecular flexibility index (Phi) is 2.15. The second kappa shape index (κ2) is 3.57. The minimum absolute atomic E-state index is 0.255. The van der Waals surface area contributed by atoms with Gasteiger partial charge in [-0.15, -0.1) is 0 Å². The Balaban J connectivity index is 1.71. The van der Waals surface area contributed by atoms with Gasteiger partial charge in [0.05, 0.1) is 0 Å². The lowest BCUT2D eigenvalue weighted by molar-refractivity contribution is 0.759. The van der Waals surface area contributed by atoms with Crippen molar-refractivity contribution in [2.24, 2.45) is 5.92 Å². The standard InChI is InChI=1S/C15H19P/c1-2-6-11(5-1)16-14-9-3-7-12(14)13-8-4-10-15(13)16/h1,3,5,7-8,11-12,14-15H,2,4,6,9-10H2/t11-,12+,14?,15-,16?/m0/s1. The average Bonchev–Trinajstić information content (AvgIpc) is 3.00. The van der Waals surface area contributed by atoms with Crippen LogP contribution in [-0.4, -0.2) is 17.0 Å². The number of fused-ring (bicyclic) bond motifs is 3. The summed E-state index contributed by atoms with van der Waals surface area (Å²) in [6.45, 7) is 0. The van der Waals surface area contributed by atoms with Crippen LogP contribution in [0.2, 0.25) is 0 Å². The minimum atomic E-state index is 0.255. The maximum Gasteiger partial charge on any atom is 0.00540 e. The van der Waals surface area contributed by atoms with E-state index in [1.54, 1.807) is 0 Å². The Morgan fingerprint density at radius 3 is 2.94 bits per heavy atom. The summed E-state index contributed by atoms with van der Waals surface area (Å²) in [7, 11) is 0.255. The molecule has 0 aromatic carbocycles. The van der Waals surface area contributed by atoms with E-state index in [0.29, 0.717) is 0 Å². The van der Waals surface area contributed by atoms with Gasteiger partial charge in [-0.05, 0) is 43.4 Å². The van der Waals surface area contributed by atoms with E-state index in [0.717, 1.165) is 22.9 Å². The fourth-order valence-corrected chi connectivity index (χ4v) is 8.50. The second-order valence-corrected chi connectivity index (χ2v) is 8.42. The van der Waals surface area contributed by atoms with Gasteiger partial charge >= 0.3 is 0 Å². The van der Waals surface area contributed by atoms with Gasteiger partial charge < -0.3 is 0 Å². The van der Waals surface area contributed by atoms with Gasteiger partial charge in [-0.3, -0.25) is 0 Å². The molecule has 0 nitrogen and oxygen atoms in total. The van der Waals surface area contributed by atoms with Crippen molar-refractivity contribution in [2.45, 2.75) is 49.1 Å². The molecule has 1 aliphatic heterocycles. The summed E-state index contributed by atoms with van der Waals surface area (Å²) in [5, 5.41) is 0. The highest BCUT2D eigenvalue weighted by Gasteiger charge is 2.49. The Labute approximate surface area is 99.3 Å². The topological polar surface area (TPSA) is 0 Å². The smallest absolute Gasteiger partial charge is 0.00540 e. The van der Waals surface area contributed by atoms with Crippen molar-refractivity contribution in [1.82, 2.24) is 0 Å². The number of hydrogen-bond acceptors (Lipinski definition) is 0. The molecule has 0 radical (unpaired) electrons. The van der Waals surface area contributed by atoms with Crippen molar-refractivity contribution in [1.29, 1.82) is 0 Å². The van der Waals surface area contributed by atoms with Crippen LogP contribution in [0.4, 0.5) is 0 Å². The molecule has 0 saturated carbocycles. The van der Waals surface area contributed by atoms with Crippen molar-refractivity contribution in [2.75, 3.05) is 0 Å². The summed E-state index contributed by atoms with van der Waals surface area (Å²) in [6, 6.07) is 0. The summed E-state index contributed by atoms with van der Waals surface area (Å²) in [5.41, 5.74) is 4.86. The van der Waals surface area contributed by atoms with E-state index in [1.165, 1.54) is 32.1 Å².